The Balaban J connectivity index is 0.000000150. The molecule has 12 saturated carbocycles. The van der Waals surface area contributed by atoms with Crippen molar-refractivity contribution in [3.05, 3.63) is 133 Å². The lowest BCUT2D eigenvalue weighted by atomic mass is 9.36. The average Bonchev–Trinajstić information content (AvgIpc) is 0.918. The largest absolute Gasteiger partial charge is 0.523 e. The Morgan fingerprint density at radius 3 is 1.15 bits per heavy atom. The lowest BCUT2D eigenvalue weighted by Gasteiger charge is -2.68. The first-order valence-corrected chi connectivity index (χ1v) is 54.3. The lowest BCUT2D eigenvalue weighted by molar-refractivity contribution is -0.214. The van der Waals surface area contributed by atoms with Gasteiger partial charge < -0.3 is 43.2 Å². The molecule has 21 rings (SSSR count). The van der Waals surface area contributed by atoms with E-state index in [9.17, 15) is 58.0 Å². The fourth-order valence-electron chi connectivity index (χ4n) is 38.4. The van der Waals surface area contributed by atoms with Gasteiger partial charge in [-0.2, -0.15) is 0 Å². The van der Waals surface area contributed by atoms with E-state index in [2.05, 4.69) is 171 Å². The first-order valence-electron chi connectivity index (χ1n) is 56.3. The van der Waals surface area contributed by atoms with Gasteiger partial charge in [0, 0.05) is 94.4 Å². The zero-order valence-electron chi connectivity index (χ0n) is 94.4. The number of fused-ring (bicyclic) bond motifs is 29. The average molecular weight is 1990 g/mol. The van der Waals surface area contributed by atoms with Gasteiger partial charge in [-0.1, -0.05) is 227 Å². The van der Waals surface area contributed by atoms with Crippen LogP contribution in [0.1, 0.15) is 394 Å². The molecule has 0 amide bonds. The number of aromatic nitrogens is 1. The third-order valence-corrected chi connectivity index (χ3v) is 47.1. The van der Waals surface area contributed by atoms with Crippen LogP contribution in [0.15, 0.2) is 92.3 Å². The molecule has 20 aliphatic carbocycles. The summed E-state index contributed by atoms with van der Waals surface area (Å²) in [7, 11) is 3.00. The number of esters is 1. The summed E-state index contributed by atoms with van der Waals surface area (Å²) in [4.78, 5) is 117. The molecule has 0 saturated heterocycles. The molecule has 0 aromatic carbocycles. The maximum atomic E-state index is 14.3. The number of aliphatic hydroxyl groups excluding tert-OH is 1. The number of halogens is 3. The maximum absolute atomic E-state index is 14.3. The Morgan fingerprint density at radius 2 is 0.764 bits per heavy atom. The number of carbonyl (C=O) groups excluding carboxylic acids is 8. The van der Waals surface area contributed by atoms with Gasteiger partial charge in [-0.15, -0.1) is 0 Å². The Labute approximate surface area is 863 Å². The first-order chi connectivity index (χ1) is 67.9. The topological polar surface area (TPSA) is 255 Å². The molecular formula is C122H173BF3N4O14. The zero-order valence-corrected chi connectivity index (χ0v) is 92.4. The number of carbonyl (C=O) groups is 8. The van der Waals surface area contributed by atoms with Gasteiger partial charge in [0.05, 0.1) is 42.9 Å². The predicted octanol–water partition coefficient (Wildman–Crippen LogP) is 28.2. The van der Waals surface area contributed by atoms with Crippen molar-refractivity contribution in [3.8, 4) is 0 Å². The Bertz CT molecular complexity index is 5760. The van der Waals surface area contributed by atoms with Crippen LogP contribution in [0.3, 0.4) is 0 Å². The van der Waals surface area contributed by atoms with Gasteiger partial charge in [0.25, 0.3) is 6.47 Å². The lowest BCUT2D eigenvalue weighted by Crippen LogP contribution is -2.66. The minimum absolute atomic E-state index is 0.00208. The molecule has 12 fully saturated rings. The molecule has 1 radical (unpaired) electrons. The first kappa shape index (κ1) is 109. The third-order valence-electron chi connectivity index (χ3n) is 47.1. The smallest absolute Gasteiger partial charge is 0.351 e. The molecule has 0 unspecified atom stereocenters. The van der Waals surface area contributed by atoms with Crippen LogP contribution in [-0.2, 0) is 54.3 Å². The number of ketones is 6. The van der Waals surface area contributed by atoms with Crippen molar-refractivity contribution in [1.29, 1.82) is 0 Å². The van der Waals surface area contributed by atoms with Crippen LogP contribution < -0.4 is 0 Å². The van der Waals surface area contributed by atoms with Gasteiger partial charge in [-0.25, -0.2) is 14.5 Å². The summed E-state index contributed by atoms with van der Waals surface area (Å²) in [5, 5.41) is 38.2. The second kappa shape index (κ2) is 36.9. The van der Waals surface area contributed by atoms with Crippen molar-refractivity contribution >= 4 is 54.7 Å². The normalized spacial score (nSPS) is 46.9. The number of hydrogen-bond acceptors (Lipinski definition) is 15. The molecule has 3 N–H and O–H groups in total. The Hall–Kier alpha value is -7.61. The number of nitrogens with zero attached hydrogens (tertiary/aromatic N) is 4. The van der Waals surface area contributed by atoms with E-state index < -0.39 is 33.2 Å². The minimum Gasteiger partial charge on any atom is -0.523 e. The quantitative estimate of drug-likeness (QED) is 0.110. The summed E-state index contributed by atoms with van der Waals surface area (Å²) < 4.78 is 55.5. The molecule has 32 atom stereocenters. The monoisotopic (exact) mass is 1990 g/mol. The van der Waals surface area contributed by atoms with E-state index in [1.165, 1.54) is 45.3 Å². The second-order valence-corrected chi connectivity index (χ2v) is 55.7. The number of hydrogen-bond donors (Lipinski definition) is 3. The van der Waals surface area contributed by atoms with Crippen LogP contribution in [0.4, 0.5) is 13.5 Å². The third kappa shape index (κ3) is 16.1. The van der Waals surface area contributed by atoms with E-state index >= 15 is 0 Å². The van der Waals surface area contributed by atoms with Gasteiger partial charge in [0.15, 0.2) is 34.7 Å². The Morgan fingerprint density at radius 1 is 0.451 bits per heavy atom. The van der Waals surface area contributed by atoms with Crippen LogP contribution in [0.25, 0.3) is 14.5 Å². The molecule has 20 aliphatic rings. The van der Waals surface area contributed by atoms with Crippen LogP contribution in [-0.4, -0.2) is 97.6 Å². The van der Waals surface area contributed by atoms with Crippen LogP contribution in [0, 0.1) is 195 Å². The molecule has 22 heteroatoms. The number of ether oxygens (including phenoxy) is 2. The van der Waals surface area contributed by atoms with E-state index in [1.54, 1.807) is 0 Å². The zero-order chi connectivity index (χ0) is 109. The van der Waals surface area contributed by atoms with Crippen molar-refractivity contribution in [1.82, 2.24) is 5.16 Å². The fraction of sp³-hybridized carbons (Fsp3) is 0.770. The summed E-state index contributed by atoms with van der Waals surface area (Å²) in [5.74, 6) is 1.92. The predicted molar refractivity (Wildman–Crippen MR) is 555 cm³/mol. The summed E-state index contributed by atoms with van der Waals surface area (Å²) in [6, 6.07) is 0. The molecule has 144 heavy (non-hydrogen) atoms. The van der Waals surface area contributed by atoms with E-state index in [0.717, 1.165) is 203 Å². The van der Waals surface area contributed by atoms with Crippen LogP contribution in [0.2, 0.25) is 6.82 Å². The van der Waals surface area contributed by atoms with Crippen LogP contribution in [0.5, 0.6) is 0 Å². The van der Waals surface area contributed by atoms with E-state index in [1.807, 2.05) is 57.3 Å². The molecule has 0 bridgehead atoms. The fourth-order valence-corrected chi connectivity index (χ4v) is 38.4. The number of rotatable bonds is 3. The SMILES string of the molecule is C[B]F.C[C@@H]1c2oncc2C[C@]2(C)C3=CC(=O)[C@@H]4[C@@H]5CC(C)(C)CC[C@]5(OC=O)CC[C@@]4(C)[C@]3(C)CC[C@@H]12.FF.[3H]C.[3H]C.[C-]#[N+]C1=C(O)[C@@H](C)[C@@H]2CC[C@]3(C)C(=CC(=O)[C@@H]4[C@@H]5CC(C)(C)CC[C@]5(O)CC[C@]43C)[C@@]2(C)C1.[C-]#[N+]C1=C[C@]2(C)C3=CC(=O)[C@@H]4[C@@H]5CC(C)(C)CC[C@]5(O)CC[C@@]4(C)[C@]3(C)CC[C@H]2[C@H](C)C1=O.[C-]#[N+]C1=C[C@]2(C)C3=CC(=O)[C@@H]4[C@@H]5CC(C)(C)CC[C@]5(OC(C)=O)CC[C@@]4(C)[C@]3(C)CC[C@H]2[C@H](C)C1=O. The van der Waals surface area contributed by atoms with Crippen molar-refractivity contribution in [3.63, 3.8) is 0 Å². The molecule has 0 spiro atoms. The summed E-state index contributed by atoms with van der Waals surface area (Å²) in [6.45, 7) is 80.7. The summed E-state index contributed by atoms with van der Waals surface area (Å²) >= 11 is 0. The van der Waals surface area contributed by atoms with Crippen molar-refractivity contribution < 1.29 is 83.9 Å². The Kier molecular flexibility index (Phi) is 28.0. The van der Waals surface area contributed by atoms with Crippen molar-refractivity contribution in [2.45, 2.75) is 416 Å². The van der Waals surface area contributed by atoms with Gasteiger partial charge >= 0.3 is 13.5 Å². The standard InChI is InChI=1S/C31H41NO4.C30H41NO4.C29H41NO3.C29H39NO3.CH3BF.2CH4.F2/c1-18-20-9-10-29(6)24(28(20,5)17-22(32-8)26(18)35)15-23(34)25-21-16-27(3,4)11-13-31(21,36-19(2)33)14-12-30(25,29)7;1-18-20-7-8-28(5)23(27(20,4)14-19-16-31-35-25(18)19)13-22(33)24-21-15-26(2,3)9-11-30(21,34-17-32)12-10-29(24,28)6;2*1-17-18-8-9-27(5)22(26(18,4)16-20(30-7)24(17)32)14-21(31)23-19-15-25(2,3)10-12-29(19,33)13-11-28(23,27)6;1-2-3;;;1-2/h15,17-18,20-21,25H,9-14,16H2,1-7H3;13,16-18,20-21,24H,7-12,14-15H2,1-6H3;14,17-19,23,32-33H,8-13,15-16H2,1-6H3;14,16-19,23,33H,8-13,15H2,1-6H3;1H3;2*1H4;/t18-,20-,21-,25-,28-,29+,30+,31-;18-,20-,21-,24-,27-,28+,29+,30-;2*17-,18-,19-,23-,26-,27+,28+,29-;;;;/m0000..../s1/i;;;;;2*1T;. The van der Waals surface area contributed by atoms with Gasteiger partial charge in [-0.3, -0.25) is 28.8 Å². The van der Waals surface area contributed by atoms with E-state index in [0.29, 0.717) is 38.0 Å². The highest BCUT2D eigenvalue weighted by atomic mass is 20.0. The molecular weight excluding hydrogens is 1810 g/mol. The molecule has 1 aromatic rings. The number of aliphatic hydroxyl groups is 3. The van der Waals surface area contributed by atoms with E-state index in [-0.39, 0.29) is 216 Å². The van der Waals surface area contributed by atoms with Gasteiger partial charge in [0.2, 0.25) is 17.1 Å². The van der Waals surface area contributed by atoms with Gasteiger partial charge in [-0.05, 0) is 328 Å². The molecule has 0 aliphatic heterocycles. The summed E-state index contributed by atoms with van der Waals surface area (Å²) in [6.07, 6.45) is 40.5. The molecule has 1 heterocycles. The van der Waals surface area contributed by atoms with Crippen LogP contribution >= 0.6 is 0 Å². The highest BCUT2D eigenvalue weighted by Crippen LogP contribution is 2.80. The highest BCUT2D eigenvalue weighted by Gasteiger charge is 2.76. The van der Waals surface area contributed by atoms with Crippen molar-refractivity contribution in [2.24, 2.45) is 175 Å². The summed E-state index contributed by atoms with van der Waals surface area (Å²) in [5.41, 5.74) is 2.21. The number of allylic oxidation sites excluding steroid dienone is 14. The van der Waals surface area contributed by atoms with Crippen molar-refractivity contribution in [2.75, 3.05) is 0 Å². The second-order valence-electron chi connectivity index (χ2n) is 55.7. The highest BCUT2D eigenvalue weighted by molar-refractivity contribution is 6.23. The molecule has 18 nitrogen and oxygen atoms in total. The van der Waals surface area contributed by atoms with Gasteiger partial charge in [0.1, 0.15) is 17.0 Å². The maximum Gasteiger partial charge on any atom is 0.351 e. The number of Topliss-reactive ketones (excluding diaryl/α,β-unsaturated/α-hetero) is 2. The van der Waals surface area contributed by atoms with E-state index in [4.69, 9.17) is 45.6 Å². The molecule has 789 valence electrons. The molecule has 1 aromatic heterocycles. The minimum atomic E-state index is -0.735.